The second kappa shape index (κ2) is 8.98. The number of benzene rings is 2. The predicted octanol–water partition coefficient (Wildman–Crippen LogP) is 3.73. The van der Waals surface area contributed by atoms with Gasteiger partial charge in [0, 0.05) is 5.56 Å². The summed E-state index contributed by atoms with van der Waals surface area (Å²) in [4.78, 5) is 24.9. The lowest BCUT2D eigenvalue weighted by Crippen LogP contribution is -2.25. The van der Waals surface area contributed by atoms with E-state index in [9.17, 15) is 18.4 Å². The van der Waals surface area contributed by atoms with Gasteiger partial charge in [-0.1, -0.05) is 6.07 Å². The summed E-state index contributed by atoms with van der Waals surface area (Å²) in [6, 6.07) is 9.86. The fourth-order valence-electron chi connectivity index (χ4n) is 2.36. The van der Waals surface area contributed by atoms with Crippen LogP contribution in [0.1, 0.15) is 27.6 Å². The van der Waals surface area contributed by atoms with Crippen LogP contribution in [0.25, 0.3) is 0 Å². The van der Waals surface area contributed by atoms with Gasteiger partial charge < -0.3 is 18.9 Å². The van der Waals surface area contributed by atoms with Gasteiger partial charge in [-0.05, 0) is 43.3 Å². The normalized spacial score (nSPS) is 11.6. The van der Waals surface area contributed by atoms with Gasteiger partial charge in [0.05, 0.1) is 14.2 Å². The highest BCUT2D eigenvalue weighted by Crippen LogP contribution is 2.29. The summed E-state index contributed by atoms with van der Waals surface area (Å²) in [6.07, 6.45) is -1.12. The number of hydrogen-bond acceptors (Lipinski definition) is 6. The lowest BCUT2D eigenvalue weighted by molar-refractivity contribution is -0.0498. The molecule has 0 amide bonds. The molecule has 2 aromatic rings. The van der Waals surface area contributed by atoms with Crippen LogP contribution in [0.15, 0.2) is 42.5 Å². The van der Waals surface area contributed by atoms with E-state index >= 15 is 0 Å². The van der Waals surface area contributed by atoms with E-state index in [1.807, 2.05) is 0 Å². The zero-order valence-corrected chi connectivity index (χ0v) is 14.9. The molecule has 0 aliphatic heterocycles. The molecule has 0 radical (unpaired) electrons. The van der Waals surface area contributed by atoms with Gasteiger partial charge in [-0.25, -0.2) is 4.79 Å². The molecule has 144 valence electrons. The highest BCUT2D eigenvalue weighted by atomic mass is 19.3. The summed E-state index contributed by atoms with van der Waals surface area (Å²) in [6.45, 7) is -1.55. The van der Waals surface area contributed by atoms with Crippen LogP contribution >= 0.6 is 0 Å². The molecule has 0 heterocycles. The number of carbonyl (C=O) groups excluding carboxylic acids is 2. The lowest BCUT2D eigenvalue weighted by atomic mass is 10.1. The fraction of sp³-hybridized carbons (Fsp3) is 0.263. The molecule has 0 bridgehead atoms. The van der Waals surface area contributed by atoms with E-state index in [0.29, 0.717) is 0 Å². The molecule has 0 aliphatic carbocycles. The molecule has 0 aromatic heterocycles. The summed E-state index contributed by atoms with van der Waals surface area (Å²) in [5, 5.41) is 0. The fourth-order valence-corrected chi connectivity index (χ4v) is 2.36. The molecular weight excluding hydrogens is 362 g/mol. The second-order valence-corrected chi connectivity index (χ2v) is 5.35. The molecule has 27 heavy (non-hydrogen) atoms. The minimum absolute atomic E-state index is 0.0582. The van der Waals surface area contributed by atoms with E-state index < -0.39 is 24.5 Å². The first-order valence-electron chi connectivity index (χ1n) is 7.88. The smallest absolute Gasteiger partial charge is 0.387 e. The topological polar surface area (TPSA) is 71.1 Å². The third-order valence-corrected chi connectivity index (χ3v) is 3.65. The lowest BCUT2D eigenvalue weighted by Gasteiger charge is -2.16. The van der Waals surface area contributed by atoms with Gasteiger partial charge in [-0.3, -0.25) is 4.79 Å². The molecule has 2 rings (SSSR count). The number of esters is 1. The number of ketones is 1. The standard InChI is InChI=1S/C19H18F2O6/c1-11(17(22)12-7-9-13(10-8-12)27-19(20)21)26-18(23)16-14(24-2)5-4-6-15(16)25-3/h4-11,19H,1-3H3/t11-/m0/s1. The number of hydrogen-bond donors (Lipinski definition) is 0. The van der Waals surface area contributed by atoms with Crippen molar-refractivity contribution in [1.82, 2.24) is 0 Å². The molecule has 0 fully saturated rings. The zero-order valence-electron chi connectivity index (χ0n) is 14.9. The maximum atomic E-state index is 12.5. The van der Waals surface area contributed by atoms with Crippen LogP contribution in [0.2, 0.25) is 0 Å². The van der Waals surface area contributed by atoms with Gasteiger partial charge in [0.1, 0.15) is 22.8 Å². The Morgan fingerprint density at radius 1 is 0.926 bits per heavy atom. The summed E-state index contributed by atoms with van der Waals surface area (Å²) < 4.78 is 44.1. The first kappa shape index (κ1) is 20.2. The van der Waals surface area contributed by atoms with Crippen molar-refractivity contribution in [2.45, 2.75) is 19.6 Å². The number of rotatable bonds is 8. The quantitative estimate of drug-likeness (QED) is 0.513. The minimum atomic E-state index is -2.96. The molecule has 0 aliphatic rings. The van der Waals surface area contributed by atoms with E-state index in [1.165, 1.54) is 45.4 Å². The van der Waals surface area contributed by atoms with Crippen LogP contribution in [-0.4, -0.2) is 38.7 Å². The Bertz CT molecular complexity index is 782. The Balaban J connectivity index is 2.13. The van der Waals surface area contributed by atoms with Gasteiger partial charge in [0.15, 0.2) is 6.10 Å². The molecule has 0 N–H and O–H groups in total. The molecule has 0 saturated carbocycles. The first-order valence-corrected chi connectivity index (χ1v) is 7.88. The zero-order chi connectivity index (χ0) is 20.0. The van der Waals surface area contributed by atoms with Crippen molar-refractivity contribution in [2.75, 3.05) is 14.2 Å². The highest BCUT2D eigenvalue weighted by molar-refractivity contribution is 6.02. The van der Waals surface area contributed by atoms with Crippen molar-refractivity contribution in [3.05, 3.63) is 53.6 Å². The number of alkyl halides is 2. The van der Waals surface area contributed by atoms with Crippen molar-refractivity contribution in [1.29, 1.82) is 0 Å². The van der Waals surface area contributed by atoms with E-state index in [-0.39, 0.29) is 28.4 Å². The number of halogens is 2. The van der Waals surface area contributed by atoms with E-state index in [0.717, 1.165) is 0 Å². The molecule has 2 aromatic carbocycles. The second-order valence-electron chi connectivity index (χ2n) is 5.35. The average molecular weight is 380 g/mol. The van der Waals surface area contributed by atoms with Crippen molar-refractivity contribution >= 4 is 11.8 Å². The predicted molar refractivity (Wildman–Crippen MR) is 91.8 cm³/mol. The Morgan fingerprint density at radius 3 is 1.96 bits per heavy atom. The molecule has 0 saturated heterocycles. The Morgan fingerprint density at radius 2 is 1.48 bits per heavy atom. The van der Waals surface area contributed by atoms with Crippen molar-refractivity contribution in [3.8, 4) is 17.2 Å². The monoisotopic (exact) mass is 380 g/mol. The number of methoxy groups -OCH3 is 2. The van der Waals surface area contributed by atoms with Crippen molar-refractivity contribution in [3.63, 3.8) is 0 Å². The maximum Gasteiger partial charge on any atom is 0.387 e. The van der Waals surface area contributed by atoms with Gasteiger partial charge in [-0.2, -0.15) is 8.78 Å². The summed E-state index contributed by atoms with van der Waals surface area (Å²) in [5.74, 6) is -0.881. The van der Waals surface area contributed by atoms with E-state index in [4.69, 9.17) is 14.2 Å². The highest BCUT2D eigenvalue weighted by Gasteiger charge is 2.25. The van der Waals surface area contributed by atoms with E-state index in [1.54, 1.807) is 18.2 Å². The van der Waals surface area contributed by atoms with Crippen LogP contribution in [0.3, 0.4) is 0 Å². The Hall–Kier alpha value is -3.16. The largest absolute Gasteiger partial charge is 0.496 e. The maximum absolute atomic E-state index is 12.5. The molecule has 0 spiro atoms. The molecule has 0 unspecified atom stereocenters. The molecule has 6 nitrogen and oxygen atoms in total. The number of Topliss-reactive ketones (excluding diaryl/α,β-unsaturated/α-hetero) is 1. The van der Waals surface area contributed by atoms with Gasteiger partial charge in [0.2, 0.25) is 5.78 Å². The van der Waals surface area contributed by atoms with E-state index in [2.05, 4.69) is 4.74 Å². The van der Waals surface area contributed by atoms with Gasteiger partial charge in [0.25, 0.3) is 0 Å². The van der Waals surface area contributed by atoms with Gasteiger partial charge in [-0.15, -0.1) is 0 Å². The molecular formula is C19H18F2O6. The summed E-state index contributed by atoms with van der Waals surface area (Å²) >= 11 is 0. The third kappa shape index (κ3) is 4.93. The molecule has 1 atom stereocenters. The van der Waals surface area contributed by atoms with Crippen LogP contribution in [0, 0.1) is 0 Å². The van der Waals surface area contributed by atoms with Crippen LogP contribution < -0.4 is 14.2 Å². The number of carbonyl (C=O) groups is 2. The van der Waals surface area contributed by atoms with Crippen molar-refractivity contribution in [2.24, 2.45) is 0 Å². The summed E-state index contributed by atoms with van der Waals surface area (Å²) in [5.41, 5.74) is 0.242. The third-order valence-electron chi connectivity index (χ3n) is 3.65. The summed E-state index contributed by atoms with van der Waals surface area (Å²) in [7, 11) is 2.78. The van der Waals surface area contributed by atoms with Crippen LogP contribution in [0.5, 0.6) is 17.2 Å². The minimum Gasteiger partial charge on any atom is -0.496 e. The SMILES string of the molecule is COc1cccc(OC)c1C(=O)O[C@@H](C)C(=O)c1ccc(OC(F)F)cc1. The molecule has 8 heteroatoms. The first-order chi connectivity index (χ1) is 12.9. The Kier molecular flexibility index (Phi) is 6.70. The van der Waals surface area contributed by atoms with Gasteiger partial charge >= 0.3 is 12.6 Å². The Labute approximate surface area is 154 Å². The average Bonchev–Trinajstić information content (AvgIpc) is 2.66. The van der Waals surface area contributed by atoms with Crippen LogP contribution in [0.4, 0.5) is 8.78 Å². The van der Waals surface area contributed by atoms with Crippen LogP contribution in [-0.2, 0) is 4.74 Å². The van der Waals surface area contributed by atoms with Crippen molar-refractivity contribution < 1.29 is 37.3 Å². The number of ether oxygens (including phenoxy) is 4.